The maximum atomic E-state index is 10.8. The molecule has 2 heteroatoms. The van der Waals surface area contributed by atoms with Crippen molar-refractivity contribution in [3.05, 3.63) is 120 Å². The van der Waals surface area contributed by atoms with Gasteiger partial charge >= 0.3 is 0 Å². The van der Waals surface area contributed by atoms with Crippen molar-refractivity contribution in [1.29, 1.82) is 0 Å². The molecule has 0 heterocycles. The van der Waals surface area contributed by atoms with Crippen molar-refractivity contribution in [2.75, 3.05) is 6.54 Å². The van der Waals surface area contributed by atoms with Gasteiger partial charge in [0.05, 0.1) is 6.10 Å². The molecule has 0 bridgehead atoms. The Hall–Kier alpha value is -2.94. The first-order chi connectivity index (χ1) is 15.3. The smallest absolute Gasteiger partial charge is 0.0667 e. The van der Waals surface area contributed by atoms with E-state index in [0.717, 1.165) is 32.4 Å². The van der Waals surface area contributed by atoms with Crippen molar-refractivity contribution >= 4 is 10.8 Å². The standard InChI is InChI=1S/C29H31NO/c31-29(17-9-14-24-18-19-27-15-7-8-16-28(27)20-24)23-30(21-25-10-3-1-4-11-25)22-26-12-5-2-6-13-26/h1-8,10-13,15-16,18-20,29,31H,9,14,17,21-23H2. The Morgan fingerprint density at radius 1 is 0.613 bits per heavy atom. The lowest BCUT2D eigenvalue weighted by Gasteiger charge is -2.25. The lowest BCUT2D eigenvalue weighted by Crippen LogP contribution is -2.31. The third-order valence-electron chi connectivity index (χ3n) is 5.78. The molecule has 0 aliphatic rings. The van der Waals surface area contributed by atoms with Crippen molar-refractivity contribution in [3.63, 3.8) is 0 Å². The number of hydrogen-bond acceptors (Lipinski definition) is 2. The summed E-state index contributed by atoms with van der Waals surface area (Å²) in [5, 5.41) is 13.4. The second kappa shape index (κ2) is 10.9. The first kappa shape index (κ1) is 21.3. The third-order valence-corrected chi connectivity index (χ3v) is 5.78. The molecule has 4 aromatic carbocycles. The minimum absolute atomic E-state index is 0.326. The van der Waals surface area contributed by atoms with E-state index in [0.29, 0.717) is 6.54 Å². The normalized spacial score (nSPS) is 12.3. The molecule has 0 aromatic heterocycles. The lowest BCUT2D eigenvalue weighted by atomic mass is 10.0. The van der Waals surface area contributed by atoms with Gasteiger partial charge in [-0.2, -0.15) is 0 Å². The van der Waals surface area contributed by atoms with Crippen molar-refractivity contribution in [3.8, 4) is 0 Å². The van der Waals surface area contributed by atoms with Gasteiger partial charge in [0, 0.05) is 19.6 Å². The van der Waals surface area contributed by atoms with Gasteiger partial charge in [-0.05, 0) is 46.7 Å². The summed E-state index contributed by atoms with van der Waals surface area (Å²) in [5.74, 6) is 0. The molecule has 0 saturated heterocycles. The number of fused-ring (bicyclic) bond motifs is 1. The van der Waals surface area contributed by atoms with E-state index in [1.807, 2.05) is 12.1 Å². The number of nitrogens with zero attached hydrogens (tertiary/aromatic N) is 1. The van der Waals surface area contributed by atoms with Crippen LogP contribution in [0.15, 0.2) is 103 Å². The Balaban J connectivity index is 1.33. The zero-order chi connectivity index (χ0) is 21.3. The summed E-state index contributed by atoms with van der Waals surface area (Å²) in [5.41, 5.74) is 3.90. The Morgan fingerprint density at radius 2 is 1.19 bits per heavy atom. The fraction of sp³-hybridized carbons (Fsp3) is 0.241. The molecule has 31 heavy (non-hydrogen) atoms. The van der Waals surface area contributed by atoms with E-state index in [1.54, 1.807) is 0 Å². The highest BCUT2D eigenvalue weighted by Gasteiger charge is 2.13. The predicted octanol–water partition coefficient (Wildman–Crippen LogP) is 6.23. The molecule has 0 aliphatic carbocycles. The van der Waals surface area contributed by atoms with Crippen LogP contribution in [0.3, 0.4) is 0 Å². The van der Waals surface area contributed by atoms with Crippen LogP contribution in [-0.2, 0) is 19.5 Å². The lowest BCUT2D eigenvalue weighted by molar-refractivity contribution is 0.0960. The van der Waals surface area contributed by atoms with Crippen LogP contribution in [0.1, 0.15) is 29.5 Å². The summed E-state index contributed by atoms with van der Waals surface area (Å²) < 4.78 is 0. The van der Waals surface area contributed by atoms with Crippen LogP contribution in [-0.4, -0.2) is 22.7 Å². The summed E-state index contributed by atoms with van der Waals surface area (Å²) in [6, 6.07) is 36.2. The van der Waals surface area contributed by atoms with Crippen LogP contribution in [0.5, 0.6) is 0 Å². The van der Waals surface area contributed by atoms with E-state index in [-0.39, 0.29) is 6.10 Å². The van der Waals surface area contributed by atoms with E-state index in [9.17, 15) is 5.11 Å². The highest BCUT2D eigenvalue weighted by molar-refractivity contribution is 5.82. The van der Waals surface area contributed by atoms with Gasteiger partial charge in [0.1, 0.15) is 0 Å². The Labute approximate surface area is 185 Å². The van der Waals surface area contributed by atoms with Gasteiger partial charge in [-0.15, -0.1) is 0 Å². The molecule has 0 fully saturated rings. The van der Waals surface area contributed by atoms with Gasteiger partial charge in [-0.1, -0.05) is 103 Å². The van der Waals surface area contributed by atoms with Gasteiger partial charge in [0.2, 0.25) is 0 Å². The highest BCUT2D eigenvalue weighted by Crippen LogP contribution is 2.18. The summed E-state index contributed by atoms with van der Waals surface area (Å²) in [6.07, 6.45) is 2.48. The minimum atomic E-state index is -0.326. The molecule has 1 unspecified atom stereocenters. The van der Waals surface area contributed by atoms with E-state index in [4.69, 9.17) is 0 Å². The van der Waals surface area contributed by atoms with E-state index >= 15 is 0 Å². The van der Waals surface area contributed by atoms with Crippen LogP contribution >= 0.6 is 0 Å². The average molecular weight is 410 g/mol. The van der Waals surface area contributed by atoms with Crippen LogP contribution in [0, 0.1) is 0 Å². The molecule has 4 aromatic rings. The van der Waals surface area contributed by atoms with E-state index in [1.165, 1.54) is 27.5 Å². The summed E-state index contributed by atoms with van der Waals surface area (Å²) in [7, 11) is 0. The number of aryl methyl sites for hydroxylation is 1. The van der Waals surface area contributed by atoms with Crippen molar-refractivity contribution in [1.82, 2.24) is 4.90 Å². The van der Waals surface area contributed by atoms with Crippen molar-refractivity contribution < 1.29 is 5.11 Å². The molecule has 1 N–H and O–H groups in total. The molecule has 2 nitrogen and oxygen atoms in total. The second-order valence-corrected chi connectivity index (χ2v) is 8.37. The summed E-state index contributed by atoms with van der Waals surface area (Å²) in [6.45, 7) is 2.37. The number of hydrogen-bond donors (Lipinski definition) is 1. The largest absolute Gasteiger partial charge is 0.392 e. The monoisotopic (exact) mass is 409 g/mol. The number of benzene rings is 4. The quantitative estimate of drug-likeness (QED) is 0.336. The molecule has 4 rings (SSSR count). The van der Waals surface area contributed by atoms with Gasteiger partial charge in [0.25, 0.3) is 0 Å². The first-order valence-electron chi connectivity index (χ1n) is 11.2. The zero-order valence-corrected chi connectivity index (χ0v) is 18.0. The van der Waals surface area contributed by atoms with Crippen LogP contribution in [0.25, 0.3) is 10.8 Å². The Morgan fingerprint density at radius 3 is 1.84 bits per heavy atom. The van der Waals surface area contributed by atoms with Crippen LogP contribution in [0.2, 0.25) is 0 Å². The molecule has 0 saturated carbocycles. The Kier molecular flexibility index (Phi) is 7.49. The van der Waals surface area contributed by atoms with Crippen LogP contribution in [0.4, 0.5) is 0 Å². The molecule has 158 valence electrons. The number of aliphatic hydroxyl groups is 1. The average Bonchev–Trinajstić information content (AvgIpc) is 2.80. The molecule has 0 radical (unpaired) electrons. The maximum absolute atomic E-state index is 10.8. The number of aliphatic hydroxyl groups excluding tert-OH is 1. The van der Waals surface area contributed by atoms with E-state index in [2.05, 4.69) is 95.9 Å². The van der Waals surface area contributed by atoms with Gasteiger partial charge in [-0.3, -0.25) is 4.90 Å². The Bertz CT molecular complexity index is 1020. The minimum Gasteiger partial charge on any atom is -0.392 e. The predicted molar refractivity (Wildman–Crippen MR) is 130 cm³/mol. The third kappa shape index (κ3) is 6.52. The second-order valence-electron chi connectivity index (χ2n) is 8.37. The van der Waals surface area contributed by atoms with Gasteiger partial charge < -0.3 is 5.11 Å². The van der Waals surface area contributed by atoms with Gasteiger partial charge in [-0.25, -0.2) is 0 Å². The van der Waals surface area contributed by atoms with E-state index < -0.39 is 0 Å². The van der Waals surface area contributed by atoms with Crippen molar-refractivity contribution in [2.24, 2.45) is 0 Å². The fourth-order valence-corrected chi connectivity index (χ4v) is 4.19. The van der Waals surface area contributed by atoms with Crippen molar-refractivity contribution in [2.45, 2.75) is 38.5 Å². The summed E-state index contributed by atoms with van der Waals surface area (Å²) in [4.78, 5) is 2.35. The maximum Gasteiger partial charge on any atom is 0.0667 e. The SMILES string of the molecule is OC(CCCc1ccc2ccccc2c1)CN(Cc1ccccc1)Cc1ccccc1. The summed E-state index contributed by atoms with van der Waals surface area (Å²) >= 11 is 0. The highest BCUT2D eigenvalue weighted by atomic mass is 16.3. The fourth-order valence-electron chi connectivity index (χ4n) is 4.19. The molecular formula is C29H31NO. The molecular weight excluding hydrogens is 378 g/mol. The first-order valence-corrected chi connectivity index (χ1v) is 11.2. The number of rotatable bonds is 10. The zero-order valence-electron chi connectivity index (χ0n) is 18.0. The molecule has 0 amide bonds. The van der Waals surface area contributed by atoms with Gasteiger partial charge in [0.15, 0.2) is 0 Å². The topological polar surface area (TPSA) is 23.5 Å². The van der Waals surface area contributed by atoms with Crippen LogP contribution < -0.4 is 0 Å². The molecule has 0 aliphatic heterocycles. The molecule has 1 atom stereocenters. The molecule has 0 spiro atoms.